The van der Waals surface area contributed by atoms with Gasteiger partial charge in [-0.2, -0.15) is 0 Å². The van der Waals surface area contributed by atoms with Crippen LogP contribution >= 0.6 is 0 Å². The number of esters is 3. The molecule has 7 nitrogen and oxygen atoms in total. The molecule has 0 heterocycles. The maximum atomic E-state index is 13.2. The van der Waals surface area contributed by atoms with Crippen molar-refractivity contribution < 1.29 is 46.0 Å². The monoisotopic (exact) mass is 661 g/mol. The molecule has 3 rings (SSSR count). The third-order valence-electron chi connectivity index (χ3n) is 7.77. The van der Waals surface area contributed by atoms with Crippen LogP contribution in [0.1, 0.15) is 110 Å². The van der Waals surface area contributed by atoms with Crippen molar-refractivity contribution in [1.29, 1.82) is 0 Å². The first kappa shape index (κ1) is 35.9. The summed E-state index contributed by atoms with van der Waals surface area (Å²) in [5, 5.41) is 0. The van der Waals surface area contributed by atoms with E-state index in [1.165, 1.54) is 0 Å². The molecule has 0 radical (unpaired) electrons. The summed E-state index contributed by atoms with van der Waals surface area (Å²) in [5.74, 6) is -0.342. The summed E-state index contributed by atoms with van der Waals surface area (Å²) in [6.45, 7) is 9.29. The van der Waals surface area contributed by atoms with Crippen molar-refractivity contribution in [1.82, 2.24) is 0 Å². The topological polar surface area (TPSA) is 96.0 Å². The fourth-order valence-corrected chi connectivity index (χ4v) is 5.97. The maximum absolute atomic E-state index is 13.2. The van der Waals surface area contributed by atoms with E-state index in [2.05, 4.69) is 27.7 Å². The predicted molar refractivity (Wildman–Crippen MR) is 171 cm³/mol. The second-order valence-corrected chi connectivity index (χ2v) is 13.0. The van der Waals surface area contributed by atoms with Crippen molar-refractivity contribution in [2.45, 2.75) is 79.1 Å². The Labute approximate surface area is 271 Å². The zero-order chi connectivity index (χ0) is 32.6. The fraction of sp³-hybridized carbons (Fsp3) is 0.432. The Hall–Kier alpha value is -3.62. The Balaban J connectivity index is 1.52. The number of unbranched alkanes of at least 4 members (excludes halogenated alkanes) is 2. The van der Waals surface area contributed by atoms with Gasteiger partial charge in [-0.05, 0) is 12.3 Å². The van der Waals surface area contributed by atoms with E-state index in [1.54, 1.807) is 72.8 Å². The van der Waals surface area contributed by atoms with Crippen LogP contribution in [0.25, 0.3) is 0 Å². The van der Waals surface area contributed by atoms with Gasteiger partial charge in [0.15, 0.2) is 0 Å². The van der Waals surface area contributed by atoms with Crippen LogP contribution in [0.4, 0.5) is 0 Å². The first-order valence-corrected chi connectivity index (χ1v) is 17.4. The number of rotatable bonds is 18. The van der Waals surface area contributed by atoms with E-state index < -0.39 is 25.5 Å². The number of benzene rings is 3. The first-order valence-electron chi connectivity index (χ1n) is 16.0. The van der Waals surface area contributed by atoms with Gasteiger partial charge in [-0.1, -0.05) is 33.1 Å². The summed E-state index contributed by atoms with van der Waals surface area (Å²) in [6.07, 6.45) is 8.47. The van der Waals surface area contributed by atoms with Crippen LogP contribution in [0.2, 0.25) is 0 Å². The molecule has 0 bridgehead atoms. The van der Waals surface area contributed by atoms with Gasteiger partial charge >= 0.3 is 220 Å². The summed E-state index contributed by atoms with van der Waals surface area (Å²) in [4.78, 5) is 37.7. The number of carbonyl (C=O) groups is 3. The molecule has 3 aromatic carbocycles. The van der Waals surface area contributed by atoms with Crippen LogP contribution < -0.4 is 13.7 Å². The molecule has 0 N–H and O–H groups in total. The summed E-state index contributed by atoms with van der Waals surface area (Å²) in [6, 6.07) is 19.2. The molecule has 0 amide bonds. The third-order valence-corrected chi connectivity index (χ3v) is 9.55. The molecule has 0 aromatic heterocycles. The zero-order valence-corrected chi connectivity index (χ0v) is 27.9. The summed E-state index contributed by atoms with van der Waals surface area (Å²) >= 11 is -1.90. The van der Waals surface area contributed by atoms with Crippen LogP contribution in [0, 0.1) is 11.8 Å². The Kier molecular flexibility index (Phi) is 15.2. The molecule has 0 spiro atoms. The molecule has 2 atom stereocenters. The van der Waals surface area contributed by atoms with Crippen molar-refractivity contribution in [2.24, 2.45) is 11.8 Å². The number of hydrogen-bond acceptors (Lipinski definition) is 7. The van der Waals surface area contributed by atoms with E-state index in [1.807, 2.05) is 0 Å². The fourth-order valence-electron chi connectivity index (χ4n) is 4.64. The third kappa shape index (κ3) is 11.4. The van der Waals surface area contributed by atoms with Gasteiger partial charge in [0.25, 0.3) is 0 Å². The van der Waals surface area contributed by atoms with E-state index in [0.717, 1.165) is 51.4 Å². The summed E-state index contributed by atoms with van der Waals surface area (Å²) < 4.78 is 30.7. The molecule has 45 heavy (non-hydrogen) atoms. The molecule has 0 fully saturated rings. The second-order valence-electron chi connectivity index (χ2n) is 11.1. The molecular formula is C37H46CoO7. The van der Waals surface area contributed by atoms with Crippen molar-refractivity contribution in [3.05, 3.63) is 89.5 Å². The minimum absolute atomic E-state index is 0.297. The van der Waals surface area contributed by atoms with E-state index in [4.69, 9.17) is 14.2 Å². The second kappa shape index (κ2) is 19.0. The van der Waals surface area contributed by atoms with Crippen molar-refractivity contribution in [3.8, 4) is 5.75 Å². The van der Waals surface area contributed by atoms with Gasteiger partial charge in [0.2, 0.25) is 0 Å². The van der Waals surface area contributed by atoms with E-state index in [9.17, 15) is 18.2 Å². The minimum atomic E-state index is -1.90. The van der Waals surface area contributed by atoms with E-state index >= 15 is 0 Å². The van der Waals surface area contributed by atoms with Gasteiger partial charge in [0, 0.05) is 0 Å². The molecule has 0 aliphatic heterocycles. The van der Waals surface area contributed by atoms with Gasteiger partial charge in [-0.3, -0.25) is 0 Å². The first-order chi connectivity index (χ1) is 21.8. The Morgan fingerprint density at radius 1 is 0.578 bits per heavy atom. The molecule has 0 aliphatic carbocycles. The molecule has 245 valence electrons. The molecule has 3 aromatic rings. The van der Waals surface area contributed by atoms with Crippen LogP contribution in [0.5, 0.6) is 5.75 Å². The van der Waals surface area contributed by atoms with Gasteiger partial charge in [0.1, 0.15) is 0 Å². The van der Waals surface area contributed by atoms with Crippen LogP contribution in [-0.4, -0.2) is 31.1 Å². The average Bonchev–Trinajstić information content (AvgIpc) is 3.08. The number of carbonyl (C=O) groups excluding carboxylic acids is 3. The van der Waals surface area contributed by atoms with Crippen LogP contribution in [0.15, 0.2) is 72.8 Å². The van der Waals surface area contributed by atoms with Crippen LogP contribution in [-0.2, 0) is 26.9 Å². The molecule has 0 saturated heterocycles. The molecule has 8 heteroatoms. The normalized spacial score (nSPS) is 12.6. The summed E-state index contributed by atoms with van der Waals surface area (Å²) in [5.41, 5.74) is 1.11. The Morgan fingerprint density at radius 3 is 1.33 bits per heavy atom. The SMILES string of the molecule is CCCCC(CC)COC(=O)c1ccc(OC(=O)c2cc[c]([Co](=[O])[c]3ccc(C(=O)OCC(CC)CCCC)cc3)cc2)cc1. The van der Waals surface area contributed by atoms with Gasteiger partial charge in [-0.15, -0.1) is 0 Å². The molecule has 0 saturated carbocycles. The molecule has 2 unspecified atom stereocenters. The number of ether oxygens (including phenoxy) is 3. The van der Waals surface area contributed by atoms with Gasteiger partial charge in [0.05, 0.1) is 6.61 Å². The standard InChI is InChI=1S/C22H25O4.C15H21O2.Co.O/c1-3-5-9-17(4-2)16-25-21(23)19-12-14-20(15-13-19)26-22(24)18-10-7-6-8-11-18;1-3-5-9-13(4-2)12-17-15(16)14-10-7-6-8-11-14;;/h7-8,10-15,17H,3-5,9,16H2,1-2H3;7-8,10-11,13H,3-5,9,12H2,1-2H3;;. The number of hydrogen-bond donors (Lipinski definition) is 0. The van der Waals surface area contributed by atoms with Gasteiger partial charge in [-0.25, -0.2) is 0 Å². The zero-order valence-electron chi connectivity index (χ0n) is 26.8. The average molecular weight is 662 g/mol. The quantitative estimate of drug-likeness (QED) is 0.103. The van der Waals surface area contributed by atoms with E-state index in [0.29, 0.717) is 56.5 Å². The van der Waals surface area contributed by atoms with Crippen molar-refractivity contribution >= 4 is 26.9 Å². The molecular weight excluding hydrogens is 615 g/mol. The Bertz CT molecular complexity index is 1380. The van der Waals surface area contributed by atoms with E-state index in [-0.39, 0.29) is 5.97 Å². The van der Waals surface area contributed by atoms with Crippen molar-refractivity contribution in [2.75, 3.05) is 13.2 Å². The summed E-state index contributed by atoms with van der Waals surface area (Å²) in [7, 11) is 0. The van der Waals surface area contributed by atoms with Crippen molar-refractivity contribution in [3.63, 3.8) is 0 Å². The predicted octanol–water partition coefficient (Wildman–Crippen LogP) is 7.57. The Morgan fingerprint density at radius 2 is 0.956 bits per heavy atom. The molecule has 0 aliphatic rings. The van der Waals surface area contributed by atoms with Gasteiger partial charge < -0.3 is 0 Å². The van der Waals surface area contributed by atoms with Crippen LogP contribution in [0.3, 0.4) is 0 Å².